The van der Waals surface area contributed by atoms with E-state index in [1.54, 1.807) is 35.2 Å². The topological polar surface area (TPSA) is 32.8 Å². The number of hydrogen-bond donors (Lipinski definition) is 0. The first-order valence-corrected chi connectivity index (χ1v) is 8.69. The van der Waals surface area contributed by atoms with Crippen molar-refractivity contribution >= 4 is 17.3 Å². The van der Waals surface area contributed by atoms with E-state index in [-0.39, 0.29) is 24.7 Å². The number of nitrogens with zero attached hydrogens (tertiary/aromatic N) is 2. The van der Waals surface area contributed by atoms with Crippen molar-refractivity contribution in [2.75, 3.05) is 31.1 Å². The van der Waals surface area contributed by atoms with Gasteiger partial charge in [-0.25, -0.2) is 9.18 Å². The summed E-state index contributed by atoms with van der Waals surface area (Å²) in [5.74, 6) is -0.361. The number of fused-ring (bicyclic) bond motifs is 1. The van der Waals surface area contributed by atoms with Crippen molar-refractivity contribution < 1.29 is 27.1 Å². The quantitative estimate of drug-likeness (QED) is 0.667. The third-order valence-electron chi connectivity index (χ3n) is 4.78. The first-order chi connectivity index (χ1) is 13.3. The van der Waals surface area contributed by atoms with Gasteiger partial charge in [-0.2, -0.15) is 13.2 Å². The van der Waals surface area contributed by atoms with Crippen LogP contribution in [0.15, 0.2) is 48.5 Å². The molecule has 8 heteroatoms. The Bertz CT molecular complexity index is 955. The van der Waals surface area contributed by atoms with Gasteiger partial charge < -0.3 is 9.64 Å². The normalized spacial score (nSPS) is 16.5. The number of carbonyl (C=O) groups excluding carboxylic acids is 1. The Morgan fingerprint density at radius 2 is 1.89 bits per heavy atom. The van der Waals surface area contributed by atoms with Gasteiger partial charge in [-0.15, -0.1) is 0 Å². The van der Waals surface area contributed by atoms with Crippen molar-refractivity contribution in [1.82, 2.24) is 4.90 Å². The van der Waals surface area contributed by atoms with Crippen molar-refractivity contribution in [3.05, 3.63) is 65.5 Å². The highest BCUT2D eigenvalue weighted by Gasteiger charge is 2.36. The lowest BCUT2D eigenvalue weighted by atomic mass is 9.99. The SMILES string of the molecule is O=C(N1CC=C(c2ccc(F)cc2C(F)(F)F)C1)N1CCOc2ccccc21. The molecule has 2 aliphatic rings. The minimum Gasteiger partial charge on any atom is -0.490 e. The number of alkyl halides is 3. The second-order valence-electron chi connectivity index (χ2n) is 6.55. The second kappa shape index (κ2) is 6.85. The van der Waals surface area contributed by atoms with Gasteiger partial charge in [0, 0.05) is 13.1 Å². The summed E-state index contributed by atoms with van der Waals surface area (Å²) in [7, 11) is 0. The molecule has 4 rings (SSSR count). The van der Waals surface area contributed by atoms with E-state index in [4.69, 9.17) is 4.74 Å². The zero-order chi connectivity index (χ0) is 19.9. The Labute approximate surface area is 158 Å². The molecule has 2 heterocycles. The minimum absolute atomic E-state index is 0.0209. The molecule has 2 amide bonds. The summed E-state index contributed by atoms with van der Waals surface area (Å²) in [5.41, 5.74) is -0.163. The van der Waals surface area contributed by atoms with Crippen molar-refractivity contribution in [1.29, 1.82) is 0 Å². The molecule has 0 saturated carbocycles. The number of amides is 2. The van der Waals surface area contributed by atoms with E-state index in [0.29, 0.717) is 36.2 Å². The highest BCUT2D eigenvalue weighted by atomic mass is 19.4. The monoisotopic (exact) mass is 392 g/mol. The third-order valence-corrected chi connectivity index (χ3v) is 4.78. The van der Waals surface area contributed by atoms with E-state index in [9.17, 15) is 22.4 Å². The average Bonchev–Trinajstić information content (AvgIpc) is 3.16. The molecule has 0 unspecified atom stereocenters. The van der Waals surface area contributed by atoms with E-state index >= 15 is 0 Å². The molecule has 0 aromatic heterocycles. The molecule has 4 nitrogen and oxygen atoms in total. The second-order valence-corrected chi connectivity index (χ2v) is 6.55. The van der Waals surface area contributed by atoms with Crippen LogP contribution in [0.1, 0.15) is 11.1 Å². The van der Waals surface area contributed by atoms with Crippen LogP contribution < -0.4 is 9.64 Å². The van der Waals surface area contributed by atoms with Crippen LogP contribution in [0.4, 0.5) is 28.0 Å². The van der Waals surface area contributed by atoms with E-state index in [2.05, 4.69) is 0 Å². The molecule has 0 spiro atoms. The molecule has 0 bridgehead atoms. The van der Waals surface area contributed by atoms with Crippen LogP contribution in [0.5, 0.6) is 5.75 Å². The summed E-state index contributed by atoms with van der Waals surface area (Å²) in [6, 6.07) is 9.40. The maximum atomic E-state index is 13.4. The van der Waals surface area contributed by atoms with E-state index in [0.717, 1.165) is 12.1 Å². The highest BCUT2D eigenvalue weighted by molar-refractivity contribution is 5.96. The summed E-state index contributed by atoms with van der Waals surface area (Å²) in [6.07, 6.45) is -3.11. The minimum atomic E-state index is -4.68. The number of hydrogen-bond acceptors (Lipinski definition) is 2. The van der Waals surface area contributed by atoms with Gasteiger partial charge in [-0.3, -0.25) is 4.90 Å². The lowest BCUT2D eigenvalue weighted by molar-refractivity contribution is -0.138. The molecular weight excluding hydrogens is 376 g/mol. The molecule has 28 heavy (non-hydrogen) atoms. The van der Waals surface area contributed by atoms with Crippen molar-refractivity contribution in [3.63, 3.8) is 0 Å². The van der Waals surface area contributed by atoms with Crippen LogP contribution in [0.2, 0.25) is 0 Å². The van der Waals surface area contributed by atoms with Gasteiger partial charge in [0.2, 0.25) is 0 Å². The average molecular weight is 392 g/mol. The third kappa shape index (κ3) is 3.30. The van der Waals surface area contributed by atoms with Crippen LogP contribution in [0, 0.1) is 5.82 Å². The van der Waals surface area contributed by atoms with Gasteiger partial charge in [0.25, 0.3) is 0 Å². The summed E-state index contributed by atoms with van der Waals surface area (Å²) < 4.78 is 58.8. The number of benzene rings is 2. The number of anilines is 1. The molecule has 0 N–H and O–H groups in total. The standard InChI is InChI=1S/C20H16F4N2O2/c21-14-5-6-15(16(11-14)20(22,23)24)13-7-8-25(12-13)19(27)26-9-10-28-18-4-2-1-3-17(18)26/h1-7,11H,8-10,12H2. The van der Waals surface area contributed by atoms with Gasteiger partial charge in [0.1, 0.15) is 18.2 Å². The van der Waals surface area contributed by atoms with Crippen molar-refractivity contribution in [2.45, 2.75) is 6.18 Å². The summed E-state index contributed by atoms with van der Waals surface area (Å²) in [4.78, 5) is 16.0. The molecule has 2 aromatic rings. The van der Waals surface area contributed by atoms with Gasteiger partial charge >= 0.3 is 12.2 Å². The molecule has 0 fully saturated rings. The van der Waals surface area contributed by atoms with E-state index < -0.39 is 17.6 Å². The maximum Gasteiger partial charge on any atom is 0.417 e. The Balaban J connectivity index is 1.57. The zero-order valence-electron chi connectivity index (χ0n) is 14.7. The number of halogens is 4. The van der Waals surface area contributed by atoms with Gasteiger partial charge in [0.15, 0.2) is 0 Å². The molecule has 0 radical (unpaired) electrons. The Morgan fingerprint density at radius 1 is 1.11 bits per heavy atom. The lowest BCUT2D eigenvalue weighted by Gasteiger charge is -2.32. The van der Waals surface area contributed by atoms with Crippen LogP contribution >= 0.6 is 0 Å². The first-order valence-electron chi connectivity index (χ1n) is 8.69. The Hall–Kier alpha value is -3.03. The summed E-state index contributed by atoms with van der Waals surface area (Å²) in [6.45, 7) is 0.897. The molecule has 0 atom stereocenters. The fourth-order valence-electron chi connectivity index (χ4n) is 3.47. The fourth-order valence-corrected chi connectivity index (χ4v) is 3.47. The first kappa shape index (κ1) is 18.3. The van der Waals surface area contributed by atoms with Crippen molar-refractivity contribution in [2.24, 2.45) is 0 Å². The summed E-state index contributed by atoms with van der Waals surface area (Å²) >= 11 is 0. The number of ether oxygens (including phenoxy) is 1. The molecule has 2 aromatic carbocycles. The van der Waals surface area contributed by atoms with E-state index in [1.165, 1.54) is 4.90 Å². The molecule has 0 aliphatic carbocycles. The predicted octanol–water partition coefficient (Wildman–Crippen LogP) is 4.56. The number of urea groups is 1. The molecular formula is C20H16F4N2O2. The largest absolute Gasteiger partial charge is 0.490 e. The smallest absolute Gasteiger partial charge is 0.417 e. The maximum absolute atomic E-state index is 13.4. The number of rotatable bonds is 1. The predicted molar refractivity (Wildman–Crippen MR) is 95.6 cm³/mol. The van der Waals surface area contributed by atoms with Crippen LogP contribution in [0.3, 0.4) is 0 Å². The van der Waals surface area contributed by atoms with Crippen LogP contribution in [-0.4, -0.2) is 37.2 Å². The number of para-hydroxylation sites is 2. The summed E-state index contributed by atoms with van der Waals surface area (Å²) in [5, 5.41) is 0. The van der Waals surface area contributed by atoms with Gasteiger partial charge in [0.05, 0.1) is 17.8 Å². The van der Waals surface area contributed by atoms with Crippen LogP contribution in [-0.2, 0) is 6.18 Å². The molecule has 0 saturated heterocycles. The van der Waals surface area contributed by atoms with Crippen LogP contribution in [0.25, 0.3) is 5.57 Å². The lowest BCUT2D eigenvalue weighted by Crippen LogP contribution is -2.46. The number of carbonyl (C=O) groups is 1. The fraction of sp³-hybridized carbons (Fsp3) is 0.250. The Morgan fingerprint density at radius 3 is 2.68 bits per heavy atom. The zero-order valence-corrected chi connectivity index (χ0v) is 14.7. The molecule has 146 valence electrons. The molecule has 2 aliphatic heterocycles. The van der Waals surface area contributed by atoms with E-state index in [1.807, 2.05) is 0 Å². The van der Waals surface area contributed by atoms with Gasteiger partial charge in [-0.05, 0) is 35.4 Å². The highest BCUT2D eigenvalue weighted by Crippen LogP contribution is 2.37. The van der Waals surface area contributed by atoms with Crippen molar-refractivity contribution in [3.8, 4) is 5.75 Å². The van der Waals surface area contributed by atoms with Gasteiger partial charge in [-0.1, -0.05) is 24.3 Å². The Kier molecular flexibility index (Phi) is 4.49.